The molecule has 0 unspecified atom stereocenters. The highest BCUT2D eigenvalue weighted by Crippen LogP contribution is 2.36. The van der Waals surface area contributed by atoms with Crippen LogP contribution in [0.1, 0.15) is 51.9 Å². The van der Waals surface area contributed by atoms with Gasteiger partial charge in [0, 0.05) is 6.54 Å². The van der Waals surface area contributed by atoms with Crippen LogP contribution in [0.25, 0.3) is 0 Å². The molecule has 1 aliphatic carbocycles. The molecule has 0 aromatic carbocycles. The van der Waals surface area contributed by atoms with E-state index in [-0.39, 0.29) is 0 Å². The van der Waals surface area contributed by atoms with E-state index in [0.717, 1.165) is 45.2 Å². The van der Waals surface area contributed by atoms with Gasteiger partial charge in [0.2, 0.25) is 0 Å². The number of hydrogen-bond donors (Lipinski definition) is 1. The van der Waals surface area contributed by atoms with Crippen LogP contribution in [0.5, 0.6) is 0 Å². The summed E-state index contributed by atoms with van der Waals surface area (Å²) in [6.45, 7) is 3.85. The number of rotatable bonds is 5. The number of carboxylic acids is 1. The fourth-order valence-electron chi connectivity index (χ4n) is 2.82. The molecule has 1 aliphatic rings. The first kappa shape index (κ1) is 13.5. The summed E-state index contributed by atoms with van der Waals surface area (Å²) in [6, 6.07) is 0. The van der Waals surface area contributed by atoms with Gasteiger partial charge in [-0.2, -0.15) is 0 Å². The standard InChI is InChI=1S/C13H25NO2/c1-3-10-14(2)11-13(12(15)16)8-6-4-5-7-9-13/h3-11H2,1-2H3,(H,15,16). The Morgan fingerprint density at radius 1 is 1.25 bits per heavy atom. The summed E-state index contributed by atoms with van der Waals surface area (Å²) in [5, 5.41) is 9.50. The van der Waals surface area contributed by atoms with Gasteiger partial charge in [0.1, 0.15) is 0 Å². The summed E-state index contributed by atoms with van der Waals surface area (Å²) in [5.41, 5.74) is -0.472. The van der Waals surface area contributed by atoms with Crippen LogP contribution in [0.15, 0.2) is 0 Å². The second-order valence-electron chi connectivity index (χ2n) is 5.24. The van der Waals surface area contributed by atoms with Gasteiger partial charge >= 0.3 is 5.97 Å². The van der Waals surface area contributed by atoms with Gasteiger partial charge in [-0.3, -0.25) is 4.79 Å². The molecule has 0 bridgehead atoms. The summed E-state index contributed by atoms with van der Waals surface area (Å²) >= 11 is 0. The van der Waals surface area contributed by atoms with Crippen molar-refractivity contribution in [3.05, 3.63) is 0 Å². The molecule has 0 spiro atoms. The van der Waals surface area contributed by atoms with E-state index in [1.807, 2.05) is 7.05 Å². The van der Waals surface area contributed by atoms with Crippen LogP contribution < -0.4 is 0 Å². The Labute approximate surface area is 98.8 Å². The van der Waals surface area contributed by atoms with E-state index in [9.17, 15) is 9.90 Å². The van der Waals surface area contributed by atoms with Gasteiger partial charge in [-0.1, -0.05) is 32.6 Å². The lowest BCUT2D eigenvalue weighted by atomic mass is 9.80. The highest BCUT2D eigenvalue weighted by molar-refractivity contribution is 5.75. The predicted octanol–water partition coefficient (Wildman–Crippen LogP) is 2.75. The average molecular weight is 227 g/mol. The van der Waals surface area contributed by atoms with Crippen molar-refractivity contribution in [3.63, 3.8) is 0 Å². The molecule has 1 saturated carbocycles. The van der Waals surface area contributed by atoms with Crippen molar-refractivity contribution in [3.8, 4) is 0 Å². The summed E-state index contributed by atoms with van der Waals surface area (Å²) in [5.74, 6) is -0.586. The molecule has 0 saturated heterocycles. The summed E-state index contributed by atoms with van der Waals surface area (Å²) in [6.07, 6.45) is 7.36. The highest BCUT2D eigenvalue weighted by atomic mass is 16.4. The van der Waals surface area contributed by atoms with Crippen molar-refractivity contribution in [1.29, 1.82) is 0 Å². The van der Waals surface area contributed by atoms with Gasteiger partial charge in [0.15, 0.2) is 0 Å². The lowest BCUT2D eigenvalue weighted by molar-refractivity contribution is -0.151. The smallest absolute Gasteiger partial charge is 0.310 e. The van der Waals surface area contributed by atoms with Crippen LogP contribution in [-0.2, 0) is 4.79 Å². The normalized spacial score (nSPS) is 20.7. The number of carbonyl (C=O) groups is 1. The Balaban J connectivity index is 2.66. The van der Waals surface area contributed by atoms with E-state index in [1.165, 1.54) is 12.8 Å². The van der Waals surface area contributed by atoms with Gasteiger partial charge in [0.05, 0.1) is 5.41 Å². The maximum atomic E-state index is 11.5. The molecule has 1 rings (SSSR count). The zero-order valence-corrected chi connectivity index (χ0v) is 10.7. The molecule has 1 fully saturated rings. The van der Waals surface area contributed by atoms with E-state index < -0.39 is 11.4 Å². The number of hydrogen-bond acceptors (Lipinski definition) is 2. The average Bonchev–Trinajstić information content (AvgIpc) is 2.44. The fourth-order valence-corrected chi connectivity index (χ4v) is 2.82. The predicted molar refractivity (Wildman–Crippen MR) is 65.6 cm³/mol. The Morgan fingerprint density at radius 2 is 1.81 bits per heavy atom. The van der Waals surface area contributed by atoms with Gasteiger partial charge in [-0.25, -0.2) is 0 Å². The van der Waals surface area contributed by atoms with Gasteiger partial charge < -0.3 is 10.0 Å². The van der Waals surface area contributed by atoms with Crippen LogP contribution in [0.3, 0.4) is 0 Å². The van der Waals surface area contributed by atoms with Crippen molar-refractivity contribution in [1.82, 2.24) is 4.90 Å². The van der Waals surface area contributed by atoms with Gasteiger partial charge in [0.25, 0.3) is 0 Å². The molecular formula is C13H25NO2. The Morgan fingerprint density at radius 3 is 2.25 bits per heavy atom. The summed E-state index contributed by atoms with van der Waals surface area (Å²) in [4.78, 5) is 13.7. The fraction of sp³-hybridized carbons (Fsp3) is 0.923. The van der Waals surface area contributed by atoms with Crippen molar-refractivity contribution in [2.45, 2.75) is 51.9 Å². The van der Waals surface area contributed by atoms with Crippen LogP contribution in [0.4, 0.5) is 0 Å². The van der Waals surface area contributed by atoms with E-state index in [1.54, 1.807) is 0 Å². The molecule has 0 radical (unpaired) electrons. The largest absolute Gasteiger partial charge is 0.481 e. The maximum absolute atomic E-state index is 11.5. The van der Waals surface area contributed by atoms with Crippen LogP contribution in [-0.4, -0.2) is 36.1 Å². The van der Waals surface area contributed by atoms with Crippen LogP contribution in [0.2, 0.25) is 0 Å². The number of aliphatic carboxylic acids is 1. The maximum Gasteiger partial charge on any atom is 0.310 e. The van der Waals surface area contributed by atoms with Crippen molar-refractivity contribution in [2.24, 2.45) is 5.41 Å². The Hall–Kier alpha value is -0.570. The number of nitrogens with zero attached hydrogens (tertiary/aromatic N) is 1. The van der Waals surface area contributed by atoms with Crippen molar-refractivity contribution in [2.75, 3.05) is 20.1 Å². The lowest BCUT2D eigenvalue weighted by Gasteiger charge is -2.32. The molecular weight excluding hydrogens is 202 g/mol. The second kappa shape index (κ2) is 6.24. The molecule has 94 valence electrons. The first-order valence-electron chi connectivity index (χ1n) is 6.53. The van der Waals surface area contributed by atoms with Crippen molar-refractivity contribution >= 4 is 5.97 Å². The first-order valence-corrected chi connectivity index (χ1v) is 6.53. The molecule has 0 heterocycles. The zero-order valence-electron chi connectivity index (χ0n) is 10.7. The van der Waals surface area contributed by atoms with Crippen LogP contribution in [0, 0.1) is 5.41 Å². The van der Waals surface area contributed by atoms with Crippen LogP contribution >= 0.6 is 0 Å². The van der Waals surface area contributed by atoms with Gasteiger partial charge in [-0.15, -0.1) is 0 Å². The van der Waals surface area contributed by atoms with Crippen molar-refractivity contribution < 1.29 is 9.90 Å². The molecule has 1 N–H and O–H groups in total. The molecule has 0 aliphatic heterocycles. The van der Waals surface area contributed by atoms with E-state index in [2.05, 4.69) is 11.8 Å². The minimum Gasteiger partial charge on any atom is -0.481 e. The second-order valence-corrected chi connectivity index (χ2v) is 5.24. The number of carboxylic acid groups (broad SMARTS) is 1. The molecule has 3 nitrogen and oxygen atoms in total. The third kappa shape index (κ3) is 3.48. The van der Waals surface area contributed by atoms with Gasteiger partial charge in [-0.05, 0) is 32.9 Å². The van der Waals surface area contributed by atoms with E-state index >= 15 is 0 Å². The minimum atomic E-state index is -0.586. The zero-order chi connectivity index (χ0) is 12.0. The molecule has 0 aromatic rings. The Bertz CT molecular complexity index is 220. The van der Waals surface area contributed by atoms with E-state index in [4.69, 9.17) is 0 Å². The monoisotopic (exact) mass is 227 g/mol. The minimum absolute atomic E-state index is 0.472. The molecule has 0 amide bonds. The summed E-state index contributed by atoms with van der Waals surface area (Å²) in [7, 11) is 2.04. The molecule has 0 aromatic heterocycles. The lowest BCUT2D eigenvalue weighted by Crippen LogP contribution is -2.41. The highest BCUT2D eigenvalue weighted by Gasteiger charge is 2.39. The van der Waals surface area contributed by atoms with E-state index in [0.29, 0.717) is 0 Å². The third-order valence-electron chi connectivity index (χ3n) is 3.69. The molecule has 16 heavy (non-hydrogen) atoms. The third-order valence-corrected chi connectivity index (χ3v) is 3.69. The quantitative estimate of drug-likeness (QED) is 0.734. The molecule has 3 heteroatoms. The SMILES string of the molecule is CCCN(C)CC1(C(=O)O)CCCCCC1. The first-order chi connectivity index (χ1) is 7.60. The molecule has 0 atom stereocenters. The topological polar surface area (TPSA) is 40.5 Å². The summed E-state index contributed by atoms with van der Waals surface area (Å²) < 4.78 is 0. The Kier molecular flexibility index (Phi) is 5.26.